The first kappa shape index (κ1) is 9.52. The third kappa shape index (κ3) is 3.22. The van der Waals surface area contributed by atoms with Gasteiger partial charge in [-0.1, -0.05) is 6.92 Å². The fourth-order valence-corrected chi connectivity index (χ4v) is 1.37. The number of hydrogen-bond donors (Lipinski definition) is 1. The maximum absolute atomic E-state index is 10.8. The minimum Gasteiger partial charge on any atom is -0.378 e. The van der Waals surface area contributed by atoms with E-state index in [4.69, 9.17) is 4.74 Å². The molecule has 3 heteroatoms. The fraction of sp³-hybridized carbons (Fsp3) is 0.889. The molecule has 1 heterocycles. The molecule has 1 rings (SSSR count). The summed E-state index contributed by atoms with van der Waals surface area (Å²) in [5, 5.41) is 2.84. The monoisotopic (exact) mass is 171 g/mol. The smallest absolute Gasteiger partial charge is 0.219 e. The van der Waals surface area contributed by atoms with Crippen LogP contribution in [0.2, 0.25) is 0 Å². The van der Waals surface area contributed by atoms with Crippen molar-refractivity contribution in [3.8, 4) is 0 Å². The summed E-state index contributed by atoms with van der Waals surface area (Å²) in [5.74, 6) is 0.132. The molecule has 1 atom stereocenters. The molecule has 1 N–H and O–H groups in total. The first-order valence-electron chi connectivity index (χ1n) is 4.71. The average Bonchev–Trinajstić information content (AvgIpc) is 2.57. The predicted octanol–water partition coefficient (Wildman–Crippen LogP) is 1.08. The topological polar surface area (TPSA) is 38.3 Å². The summed E-state index contributed by atoms with van der Waals surface area (Å²) in [6, 6.07) is 0. The summed E-state index contributed by atoms with van der Waals surface area (Å²) in [7, 11) is 0. The van der Waals surface area contributed by atoms with Gasteiger partial charge in [0.15, 0.2) is 0 Å². The van der Waals surface area contributed by atoms with Crippen LogP contribution in [0.4, 0.5) is 0 Å². The van der Waals surface area contributed by atoms with Gasteiger partial charge in [-0.3, -0.25) is 4.79 Å². The van der Waals surface area contributed by atoms with Gasteiger partial charge < -0.3 is 10.1 Å². The summed E-state index contributed by atoms with van der Waals surface area (Å²) in [4.78, 5) is 10.8. The summed E-state index contributed by atoms with van der Waals surface area (Å²) in [5.41, 5.74) is 0. The first-order valence-corrected chi connectivity index (χ1v) is 4.71. The summed E-state index contributed by atoms with van der Waals surface area (Å²) >= 11 is 0. The van der Waals surface area contributed by atoms with Gasteiger partial charge in [0.25, 0.3) is 0 Å². The van der Waals surface area contributed by atoms with E-state index in [0.29, 0.717) is 12.5 Å². The van der Waals surface area contributed by atoms with Crippen molar-refractivity contribution in [1.29, 1.82) is 0 Å². The van der Waals surface area contributed by atoms with Gasteiger partial charge in [0.05, 0.1) is 6.10 Å². The number of rotatable bonds is 4. The lowest BCUT2D eigenvalue weighted by Gasteiger charge is -2.08. The number of nitrogens with one attached hydrogen (secondary N) is 1. The number of hydrogen-bond acceptors (Lipinski definition) is 2. The minimum absolute atomic E-state index is 0.132. The van der Waals surface area contributed by atoms with E-state index >= 15 is 0 Å². The van der Waals surface area contributed by atoms with Crippen molar-refractivity contribution in [3.63, 3.8) is 0 Å². The highest BCUT2D eigenvalue weighted by Gasteiger charge is 2.14. The van der Waals surface area contributed by atoms with E-state index in [1.54, 1.807) is 0 Å². The Morgan fingerprint density at radius 3 is 3.08 bits per heavy atom. The molecule has 0 aromatic rings. The highest BCUT2D eigenvalue weighted by Crippen LogP contribution is 2.14. The fourth-order valence-electron chi connectivity index (χ4n) is 1.37. The summed E-state index contributed by atoms with van der Waals surface area (Å²) in [6.45, 7) is 3.52. The number of carbonyl (C=O) groups is 1. The maximum Gasteiger partial charge on any atom is 0.219 e. The van der Waals surface area contributed by atoms with Crippen LogP contribution in [0.3, 0.4) is 0 Å². The van der Waals surface area contributed by atoms with Crippen LogP contribution in [0.25, 0.3) is 0 Å². The second-order valence-corrected chi connectivity index (χ2v) is 3.13. The molecule has 0 aromatic carbocycles. The van der Waals surface area contributed by atoms with E-state index in [1.807, 2.05) is 6.92 Å². The lowest BCUT2D eigenvalue weighted by atomic mass is 10.2. The molecular weight excluding hydrogens is 154 g/mol. The quantitative estimate of drug-likeness (QED) is 0.687. The number of ether oxygens (including phenoxy) is 1. The molecule has 3 nitrogen and oxygen atoms in total. The molecule has 12 heavy (non-hydrogen) atoms. The van der Waals surface area contributed by atoms with Crippen LogP contribution in [0.5, 0.6) is 0 Å². The van der Waals surface area contributed by atoms with Crippen LogP contribution in [0, 0.1) is 0 Å². The third-order valence-electron chi connectivity index (χ3n) is 2.13. The standard InChI is InChI=1S/C9H17NO2/c1-2-9(11)10-6-5-8-4-3-7-12-8/h8H,2-7H2,1H3,(H,10,11). The van der Waals surface area contributed by atoms with Gasteiger partial charge >= 0.3 is 0 Å². The molecular formula is C9H17NO2. The van der Waals surface area contributed by atoms with Crippen molar-refractivity contribution in [1.82, 2.24) is 5.32 Å². The zero-order valence-electron chi connectivity index (χ0n) is 7.64. The highest BCUT2D eigenvalue weighted by atomic mass is 16.5. The van der Waals surface area contributed by atoms with Crippen molar-refractivity contribution in [2.24, 2.45) is 0 Å². The van der Waals surface area contributed by atoms with Crippen LogP contribution in [0.1, 0.15) is 32.6 Å². The molecule has 0 aromatic heterocycles. The van der Waals surface area contributed by atoms with Crippen LogP contribution >= 0.6 is 0 Å². The minimum atomic E-state index is 0.132. The van der Waals surface area contributed by atoms with Crippen molar-refractivity contribution < 1.29 is 9.53 Å². The molecule has 0 radical (unpaired) electrons. The van der Waals surface area contributed by atoms with E-state index in [-0.39, 0.29) is 5.91 Å². The van der Waals surface area contributed by atoms with E-state index < -0.39 is 0 Å². The van der Waals surface area contributed by atoms with E-state index in [2.05, 4.69) is 5.32 Å². The number of carbonyl (C=O) groups excluding carboxylic acids is 1. The van der Waals surface area contributed by atoms with Gasteiger partial charge in [0.2, 0.25) is 5.91 Å². The Morgan fingerprint density at radius 1 is 1.67 bits per heavy atom. The Bertz CT molecular complexity index is 141. The number of amides is 1. The lowest BCUT2D eigenvalue weighted by molar-refractivity contribution is -0.120. The molecule has 1 aliphatic rings. The molecule has 1 fully saturated rings. The molecule has 0 saturated carbocycles. The SMILES string of the molecule is CCC(=O)NCCC1CCCO1. The van der Waals surface area contributed by atoms with Gasteiger partial charge in [-0.15, -0.1) is 0 Å². The largest absolute Gasteiger partial charge is 0.378 e. The molecule has 1 amide bonds. The first-order chi connectivity index (χ1) is 5.83. The van der Waals surface area contributed by atoms with Crippen molar-refractivity contribution >= 4 is 5.91 Å². The van der Waals surface area contributed by atoms with E-state index in [9.17, 15) is 4.79 Å². The lowest BCUT2D eigenvalue weighted by Crippen LogP contribution is -2.26. The summed E-state index contributed by atoms with van der Waals surface area (Å²) in [6.07, 6.45) is 4.26. The summed E-state index contributed by atoms with van der Waals surface area (Å²) < 4.78 is 5.42. The Kier molecular flexibility index (Phi) is 4.08. The maximum atomic E-state index is 10.8. The molecule has 0 bridgehead atoms. The Morgan fingerprint density at radius 2 is 2.50 bits per heavy atom. The molecule has 1 saturated heterocycles. The van der Waals surface area contributed by atoms with Gasteiger partial charge in [0, 0.05) is 19.6 Å². The van der Waals surface area contributed by atoms with Crippen LogP contribution in [-0.4, -0.2) is 25.2 Å². The van der Waals surface area contributed by atoms with Gasteiger partial charge in [-0.05, 0) is 19.3 Å². The van der Waals surface area contributed by atoms with Gasteiger partial charge in [0.1, 0.15) is 0 Å². The zero-order chi connectivity index (χ0) is 8.81. The molecule has 70 valence electrons. The van der Waals surface area contributed by atoms with Crippen LogP contribution in [0.15, 0.2) is 0 Å². The second kappa shape index (κ2) is 5.14. The molecule has 0 aliphatic carbocycles. The zero-order valence-corrected chi connectivity index (χ0v) is 7.64. The predicted molar refractivity (Wildman–Crippen MR) is 46.9 cm³/mol. The highest BCUT2D eigenvalue weighted by molar-refractivity contribution is 5.75. The second-order valence-electron chi connectivity index (χ2n) is 3.13. The normalized spacial score (nSPS) is 22.6. The Balaban J connectivity index is 1.97. The van der Waals surface area contributed by atoms with Gasteiger partial charge in [-0.2, -0.15) is 0 Å². The molecule has 0 spiro atoms. The molecule has 1 aliphatic heterocycles. The van der Waals surface area contributed by atoms with Gasteiger partial charge in [-0.25, -0.2) is 0 Å². The Labute approximate surface area is 73.5 Å². The van der Waals surface area contributed by atoms with Crippen molar-refractivity contribution in [2.75, 3.05) is 13.2 Å². The molecule has 1 unspecified atom stereocenters. The van der Waals surface area contributed by atoms with Crippen LogP contribution < -0.4 is 5.32 Å². The van der Waals surface area contributed by atoms with E-state index in [0.717, 1.165) is 26.0 Å². The average molecular weight is 171 g/mol. The van der Waals surface area contributed by atoms with E-state index in [1.165, 1.54) is 6.42 Å². The van der Waals surface area contributed by atoms with Crippen molar-refractivity contribution in [3.05, 3.63) is 0 Å². The van der Waals surface area contributed by atoms with Crippen molar-refractivity contribution in [2.45, 2.75) is 38.7 Å². The van der Waals surface area contributed by atoms with Crippen LogP contribution in [-0.2, 0) is 9.53 Å². The third-order valence-corrected chi connectivity index (χ3v) is 2.13. The Hall–Kier alpha value is -0.570.